The molecule has 4 heteroatoms. The second-order valence-electron chi connectivity index (χ2n) is 5.53. The summed E-state index contributed by atoms with van der Waals surface area (Å²) in [5.41, 5.74) is 2.41. The Morgan fingerprint density at radius 3 is 2.27 bits per heavy atom. The van der Waals surface area contributed by atoms with Crippen molar-refractivity contribution in [2.45, 2.75) is 32.1 Å². The normalized spacial score (nSPS) is 16.2. The quantitative estimate of drug-likeness (QED) is 0.722. The Bertz CT molecular complexity index is 565. The van der Waals surface area contributed by atoms with Gasteiger partial charge in [0, 0.05) is 30.5 Å². The maximum Gasteiger partial charge on any atom is 0.195 e. The standard InChI is InChI=1S/C18H22NO2.ClH/c1-16-8-12-19(13-9-16)11-5-10-18(20-14-15-21-18)17-6-3-2-4-7-17;/h2-4,6-9,12-13H,5,10-11,14-15H2,1H3;1H/q+1;/p-1. The van der Waals surface area contributed by atoms with E-state index < -0.39 is 5.79 Å². The first-order chi connectivity index (χ1) is 10.3. The maximum absolute atomic E-state index is 5.95. The second kappa shape index (κ2) is 7.73. The molecular formula is C18H22ClNO2. The lowest BCUT2D eigenvalue weighted by Crippen LogP contribution is -3.00. The van der Waals surface area contributed by atoms with E-state index in [9.17, 15) is 0 Å². The number of halogens is 1. The highest BCUT2D eigenvalue weighted by Crippen LogP contribution is 2.35. The molecule has 118 valence electrons. The summed E-state index contributed by atoms with van der Waals surface area (Å²) >= 11 is 0. The van der Waals surface area contributed by atoms with E-state index in [1.165, 1.54) is 5.56 Å². The van der Waals surface area contributed by atoms with Gasteiger partial charge in [-0.15, -0.1) is 0 Å². The Labute approximate surface area is 138 Å². The number of hydrogen-bond acceptors (Lipinski definition) is 2. The third-order valence-electron chi connectivity index (χ3n) is 3.95. The van der Waals surface area contributed by atoms with Crippen molar-refractivity contribution in [2.75, 3.05) is 13.2 Å². The molecule has 0 aliphatic carbocycles. The number of aryl methyl sites for hydroxylation is 2. The van der Waals surface area contributed by atoms with Gasteiger partial charge in [0.05, 0.1) is 13.2 Å². The summed E-state index contributed by atoms with van der Waals surface area (Å²) < 4.78 is 14.1. The summed E-state index contributed by atoms with van der Waals surface area (Å²) in [7, 11) is 0. The molecule has 0 saturated carbocycles. The van der Waals surface area contributed by atoms with Gasteiger partial charge in [0.1, 0.15) is 6.54 Å². The Morgan fingerprint density at radius 2 is 1.64 bits per heavy atom. The van der Waals surface area contributed by atoms with Gasteiger partial charge in [-0.1, -0.05) is 30.3 Å². The Kier molecular flexibility index (Phi) is 5.95. The molecule has 22 heavy (non-hydrogen) atoms. The van der Waals surface area contributed by atoms with E-state index in [1.807, 2.05) is 18.2 Å². The molecule has 0 spiro atoms. The van der Waals surface area contributed by atoms with Gasteiger partial charge in [0.2, 0.25) is 0 Å². The summed E-state index contributed by atoms with van der Waals surface area (Å²) in [4.78, 5) is 0. The van der Waals surface area contributed by atoms with Crippen LogP contribution in [0.3, 0.4) is 0 Å². The van der Waals surface area contributed by atoms with Crippen LogP contribution < -0.4 is 17.0 Å². The Balaban J connectivity index is 0.00000176. The number of rotatable bonds is 5. The van der Waals surface area contributed by atoms with Gasteiger partial charge in [-0.25, -0.2) is 4.57 Å². The van der Waals surface area contributed by atoms with E-state index in [4.69, 9.17) is 9.47 Å². The van der Waals surface area contributed by atoms with Crippen LogP contribution in [0.4, 0.5) is 0 Å². The van der Waals surface area contributed by atoms with Crippen molar-refractivity contribution in [1.29, 1.82) is 0 Å². The van der Waals surface area contributed by atoms with Crippen LogP contribution in [0.25, 0.3) is 0 Å². The maximum atomic E-state index is 5.95. The fourth-order valence-electron chi connectivity index (χ4n) is 2.78. The molecule has 0 N–H and O–H groups in total. The lowest BCUT2D eigenvalue weighted by molar-refractivity contribution is -0.697. The van der Waals surface area contributed by atoms with Crippen LogP contribution in [0.15, 0.2) is 54.9 Å². The van der Waals surface area contributed by atoms with Crippen LogP contribution in [-0.4, -0.2) is 13.2 Å². The number of ether oxygens (including phenoxy) is 2. The lowest BCUT2D eigenvalue weighted by Gasteiger charge is -2.27. The molecule has 0 radical (unpaired) electrons. The van der Waals surface area contributed by atoms with Gasteiger partial charge < -0.3 is 21.9 Å². The molecule has 3 rings (SSSR count). The van der Waals surface area contributed by atoms with Crippen molar-refractivity contribution in [3.8, 4) is 0 Å². The lowest BCUT2D eigenvalue weighted by atomic mass is 10.0. The van der Waals surface area contributed by atoms with E-state index in [2.05, 4.69) is 48.1 Å². The minimum atomic E-state index is -0.549. The van der Waals surface area contributed by atoms with E-state index >= 15 is 0 Å². The van der Waals surface area contributed by atoms with Crippen LogP contribution in [0.1, 0.15) is 24.0 Å². The third-order valence-corrected chi connectivity index (χ3v) is 3.95. The first-order valence-electron chi connectivity index (χ1n) is 7.58. The highest BCUT2D eigenvalue weighted by molar-refractivity contribution is 5.20. The van der Waals surface area contributed by atoms with Crippen molar-refractivity contribution in [3.63, 3.8) is 0 Å². The smallest absolute Gasteiger partial charge is 0.195 e. The number of aromatic nitrogens is 1. The summed E-state index contributed by atoms with van der Waals surface area (Å²) in [5, 5.41) is 0. The van der Waals surface area contributed by atoms with Crippen molar-refractivity contribution in [3.05, 3.63) is 66.0 Å². The van der Waals surface area contributed by atoms with Gasteiger partial charge in [0.15, 0.2) is 18.2 Å². The molecule has 0 bridgehead atoms. The SMILES string of the molecule is Cc1cc[n+](CCCC2(c3ccccc3)OCCO2)cc1.[Cl-]. The van der Waals surface area contributed by atoms with Crippen LogP contribution in [0.2, 0.25) is 0 Å². The minimum Gasteiger partial charge on any atom is -1.00 e. The second-order valence-corrected chi connectivity index (χ2v) is 5.53. The topological polar surface area (TPSA) is 22.3 Å². The summed E-state index contributed by atoms with van der Waals surface area (Å²) in [6.45, 7) is 4.43. The van der Waals surface area contributed by atoms with E-state index in [0.717, 1.165) is 24.9 Å². The number of hydrogen-bond donors (Lipinski definition) is 0. The molecule has 1 aromatic heterocycles. The number of pyridine rings is 1. The van der Waals surface area contributed by atoms with E-state index in [1.54, 1.807) is 0 Å². The monoisotopic (exact) mass is 319 g/mol. The predicted octanol–water partition coefficient (Wildman–Crippen LogP) is -0.0335. The fourth-order valence-corrected chi connectivity index (χ4v) is 2.78. The number of benzene rings is 1. The Hall–Kier alpha value is -1.42. The largest absolute Gasteiger partial charge is 1.00 e. The Morgan fingerprint density at radius 1 is 1.00 bits per heavy atom. The van der Waals surface area contributed by atoms with Crippen molar-refractivity contribution >= 4 is 0 Å². The molecule has 2 heterocycles. The molecule has 0 amide bonds. The average molecular weight is 320 g/mol. The summed E-state index contributed by atoms with van der Waals surface area (Å²) in [6.07, 6.45) is 6.14. The van der Waals surface area contributed by atoms with Gasteiger partial charge in [-0.2, -0.15) is 0 Å². The highest BCUT2D eigenvalue weighted by atomic mass is 35.5. The molecular weight excluding hydrogens is 298 g/mol. The van der Waals surface area contributed by atoms with Gasteiger partial charge in [-0.3, -0.25) is 0 Å². The molecule has 2 aromatic rings. The molecule has 1 saturated heterocycles. The molecule has 0 unspecified atom stereocenters. The zero-order valence-electron chi connectivity index (χ0n) is 12.9. The first-order valence-corrected chi connectivity index (χ1v) is 7.58. The predicted molar refractivity (Wildman–Crippen MR) is 80.6 cm³/mol. The van der Waals surface area contributed by atoms with E-state index in [-0.39, 0.29) is 12.4 Å². The fraction of sp³-hybridized carbons (Fsp3) is 0.389. The summed E-state index contributed by atoms with van der Waals surface area (Å²) in [5.74, 6) is -0.549. The van der Waals surface area contributed by atoms with Crippen LogP contribution >= 0.6 is 0 Å². The van der Waals surface area contributed by atoms with Crippen molar-refractivity contribution in [2.24, 2.45) is 0 Å². The van der Waals surface area contributed by atoms with Crippen LogP contribution in [0, 0.1) is 6.92 Å². The molecule has 1 fully saturated rings. The zero-order chi connectivity index (χ0) is 14.5. The summed E-state index contributed by atoms with van der Waals surface area (Å²) in [6, 6.07) is 14.5. The zero-order valence-corrected chi connectivity index (χ0v) is 13.6. The third kappa shape index (κ3) is 3.86. The highest BCUT2D eigenvalue weighted by Gasteiger charge is 2.38. The molecule has 0 atom stereocenters. The molecule has 1 aliphatic heterocycles. The molecule has 3 nitrogen and oxygen atoms in total. The van der Waals surface area contributed by atoms with E-state index in [0.29, 0.717) is 13.2 Å². The minimum absolute atomic E-state index is 0. The van der Waals surface area contributed by atoms with Gasteiger partial charge in [0.25, 0.3) is 0 Å². The van der Waals surface area contributed by atoms with Crippen molar-refractivity contribution < 1.29 is 26.4 Å². The van der Waals surface area contributed by atoms with Gasteiger partial charge in [-0.05, 0) is 12.5 Å². The molecule has 1 aromatic carbocycles. The van der Waals surface area contributed by atoms with Crippen LogP contribution in [-0.2, 0) is 21.8 Å². The number of nitrogens with zero attached hydrogens (tertiary/aromatic N) is 1. The average Bonchev–Trinajstić information content (AvgIpc) is 3.00. The van der Waals surface area contributed by atoms with Gasteiger partial charge >= 0.3 is 0 Å². The van der Waals surface area contributed by atoms with Crippen LogP contribution in [0.5, 0.6) is 0 Å². The van der Waals surface area contributed by atoms with Crippen molar-refractivity contribution in [1.82, 2.24) is 0 Å². The molecule has 1 aliphatic rings. The first kappa shape index (κ1) is 16.9.